The Kier molecular flexibility index (Phi) is 5.03. The lowest BCUT2D eigenvalue weighted by molar-refractivity contribution is 0.518. The van der Waals surface area contributed by atoms with Gasteiger partial charge in [0.1, 0.15) is 0 Å². The summed E-state index contributed by atoms with van der Waals surface area (Å²) in [7, 11) is 0. The van der Waals surface area contributed by atoms with E-state index < -0.39 is 0 Å². The second-order valence-electron chi connectivity index (χ2n) is 4.04. The van der Waals surface area contributed by atoms with Crippen molar-refractivity contribution in [3.63, 3.8) is 0 Å². The number of aryl methyl sites for hydroxylation is 1. The molecular weight excluding hydrogens is 287 g/mol. The molecule has 2 aromatic rings. The van der Waals surface area contributed by atoms with Crippen LogP contribution in [0.4, 0.5) is 0 Å². The molecule has 1 heterocycles. The quantitative estimate of drug-likeness (QED) is 0.642. The van der Waals surface area contributed by atoms with Crippen molar-refractivity contribution in [3.05, 3.63) is 56.2 Å². The number of hydrogen-bond acceptors (Lipinski definition) is 3. The number of nitrogens with two attached hydrogens (primary N) is 1. The number of nitrogens with one attached hydrogen (secondary N) is 1. The number of hydrogen-bond donors (Lipinski definition) is 2. The number of benzene rings is 1. The maximum atomic E-state index is 6.00. The first-order valence-corrected chi connectivity index (χ1v) is 7.27. The minimum Gasteiger partial charge on any atom is -0.271 e. The summed E-state index contributed by atoms with van der Waals surface area (Å²) in [5, 5.41) is 3.35. The van der Waals surface area contributed by atoms with E-state index in [0.717, 1.165) is 18.4 Å². The highest BCUT2D eigenvalue weighted by Gasteiger charge is 2.11. The summed E-state index contributed by atoms with van der Waals surface area (Å²) in [6, 6.07) is 9.76. The second-order valence-corrected chi connectivity index (χ2v) is 5.95. The monoisotopic (exact) mass is 300 g/mol. The molecule has 5 heteroatoms. The Balaban J connectivity index is 2.07. The summed E-state index contributed by atoms with van der Waals surface area (Å²) in [6.45, 7) is 0. The molecule has 18 heavy (non-hydrogen) atoms. The molecule has 0 saturated carbocycles. The van der Waals surface area contributed by atoms with Gasteiger partial charge in [-0.3, -0.25) is 11.3 Å². The van der Waals surface area contributed by atoms with Gasteiger partial charge in [0, 0.05) is 21.0 Å². The van der Waals surface area contributed by atoms with E-state index in [0.29, 0.717) is 10.0 Å². The summed E-state index contributed by atoms with van der Waals surface area (Å²) in [5.41, 5.74) is 3.84. The van der Waals surface area contributed by atoms with Crippen LogP contribution in [0.15, 0.2) is 35.7 Å². The zero-order valence-electron chi connectivity index (χ0n) is 9.70. The number of hydrazine groups is 1. The lowest BCUT2D eigenvalue weighted by atomic mass is 10.0. The first-order chi connectivity index (χ1) is 8.69. The molecule has 1 unspecified atom stereocenters. The summed E-state index contributed by atoms with van der Waals surface area (Å²) >= 11 is 13.8. The van der Waals surface area contributed by atoms with Gasteiger partial charge in [0.15, 0.2) is 0 Å². The van der Waals surface area contributed by atoms with Crippen LogP contribution in [0.1, 0.15) is 22.9 Å². The largest absolute Gasteiger partial charge is 0.271 e. The van der Waals surface area contributed by atoms with E-state index in [1.54, 1.807) is 17.4 Å². The van der Waals surface area contributed by atoms with Gasteiger partial charge < -0.3 is 0 Å². The molecule has 0 bridgehead atoms. The van der Waals surface area contributed by atoms with Gasteiger partial charge in [-0.15, -0.1) is 11.3 Å². The fourth-order valence-electron chi connectivity index (χ4n) is 1.86. The van der Waals surface area contributed by atoms with Crippen LogP contribution in [0.5, 0.6) is 0 Å². The highest BCUT2D eigenvalue weighted by atomic mass is 35.5. The third kappa shape index (κ3) is 3.70. The van der Waals surface area contributed by atoms with E-state index in [-0.39, 0.29) is 6.04 Å². The van der Waals surface area contributed by atoms with Gasteiger partial charge in [-0.2, -0.15) is 0 Å². The van der Waals surface area contributed by atoms with Gasteiger partial charge in [-0.1, -0.05) is 29.3 Å². The predicted octanol–water partition coefficient (Wildman–Crippen LogP) is 4.19. The van der Waals surface area contributed by atoms with Crippen LogP contribution in [0.25, 0.3) is 0 Å². The molecule has 1 aromatic carbocycles. The van der Waals surface area contributed by atoms with Gasteiger partial charge in [-0.05, 0) is 48.1 Å². The van der Waals surface area contributed by atoms with Crippen LogP contribution in [-0.2, 0) is 6.42 Å². The summed E-state index contributed by atoms with van der Waals surface area (Å²) in [6.07, 6.45) is 1.89. The van der Waals surface area contributed by atoms with Crippen LogP contribution in [-0.4, -0.2) is 0 Å². The lowest BCUT2D eigenvalue weighted by Gasteiger charge is -2.16. The second kappa shape index (κ2) is 6.55. The third-order valence-corrected chi connectivity index (χ3v) is 4.12. The molecule has 0 aliphatic carbocycles. The number of thiophene rings is 1. The Hall–Kier alpha value is -0.580. The third-order valence-electron chi connectivity index (χ3n) is 2.75. The highest BCUT2D eigenvalue weighted by molar-refractivity contribution is 7.09. The van der Waals surface area contributed by atoms with Gasteiger partial charge in [0.05, 0.1) is 0 Å². The van der Waals surface area contributed by atoms with Gasteiger partial charge in [0.25, 0.3) is 0 Å². The zero-order chi connectivity index (χ0) is 13.0. The average molecular weight is 301 g/mol. The van der Waals surface area contributed by atoms with E-state index >= 15 is 0 Å². The molecule has 1 atom stereocenters. The normalized spacial score (nSPS) is 12.6. The van der Waals surface area contributed by atoms with Crippen LogP contribution < -0.4 is 11.3 Å². The summed E-state index contributed by atoms with van der Waals surface area (Å²) in [4.78, 5) is 1.35. The van der Waals surface area contributed by atoms with Gasteiger partial charge >= 0.3 is 0 Å². The highest BCUT2D eigenvalue weighted by Crippen LogP contribution is 2.26. The van der Waals surface area contributed by atoms with E-state index in [2.05, 4.69) is 22.9 Å². The van der Waals surface area contributed by atoms with Crippen molar-refractivity contribution in [2.24, 2.45) is 5.84 Å². The van der Waals surface area contributed by atoms with Crippen molar-refractivity contribution < 1.29 is 0 Å². The van der Waals surface area contributed by atoms with E-state index in [1.165, 1.54) is 4.88 Å². The molecule has 1 aromatic heterocycles. The van der Waals surface area contributed by atoms with Crippen LogP contribution in [0, 0.1) is 0 Å². The van der Waals surface area contributed by atoms with Crippen molar-refractivity contribution in [2.45, 2.75) is 18.9 Å². The van der Waals surface area contributed by atoms with Crippen LogP contribution in [0.2, 0.25) is 10.0 Å². The first kappa shape index (κ1) is 13.8. The molecule has 0 amide bonds. The lowest BCUT2D eigenvalue weighted by Crippen LogP contribution is -2.28. The van der Waals surface area contributed by atoms with Crippen molar-refractivity contribution in [1.29, 1.82) is 0 Å². The molecule has 0 spiro atoms. The molecule has 0 aliphatic rings. The smallest absolute Gasteiger partial charge is 0.0464 e. The Labute approximate surface area is 121 Å². The molecule has 0 aliphatic heterocycles. The topological polar surface area (TPSA) is 38.0 Å². The SMILES string of the molecule is NNC(CCc1cccs1)c1cc(Cl)cc(Cl)c1. The molecule has 2 nitrogen and oxygen atoms in total. The maximum absolute atomic E-state index is 6.00. The molecule has 3 N–H and O–H groups in total. The van der Waals surface area contributed by atoms with Crippen molar-refractivity contribution in [1.82, 2.24) is 5.43 Å². The van der Waals surface area contributed by atoms with Gasteiger partial charge in [-0.25, -0.2) is 0 Å². The number of halogens is 2. The number of rotatable bonds is 5. The molecular formula is C13H14Cl2N2S. The van der Waals surface area contributed by atoms with Gasteiger partial charge in [0.2, 0.25) is 0 Å². The first-order valence-electron chi connectivity index (χ1n) is 5.63. The average Bonchev–Trinajstić information content (AvgIpc) is 2.81. The fraction of sp³-hybridized carbons (Fsp3) is 0.231. The Morgan fingerprint density at radius 2 is 1.94 bits per heavy atom. The van der Waals surface area contributed by atoms with Crippen LogP contribution in [0.3, 0.4) is 0 Å². The molecule has 0 saturated heterocycles. The molecule has 2 rings (SSSR count). The maximum Gasteiger partial charge on any atom is 0.0464 e. The molecule has 96 valence electrons. The molecule has 0 radical (unpaired) electrons. The van der Waals surface area contributed by atoms with E-state index in [4.69, 9.17) is 29.0 Å². The van der Waals surface area contributed by atoms with Crippen molar-refractivity contribution in [3.8, 4) is 0 Å². The van der Waals surface area contributed by atoms with E-state index in [1.807, 2.05) is 12.1 Å². The minimum atomic E-state index is 0.0586. The standard InChI is InChI=1S/C13H14Cl2N2S/c14-10-6-9(7-11(15)8-10)13(17-16)4-3-12-2-1-5-18-12/h1-2,5-8,13,17H,3-4,16H2. The molecule has 0 fully saturated rings. The summed E-state index contributed by atoms with van der Waals surface area (Å²) < 4.78 is 0. The van der Waals surface area contributed by atoms with Crippen molar-refractivity contribution in [2.75, 3.05) is 0 Å². The zero-order valence-corrected chi connectivity index (χ0v) is 12.0. The minimum absolute atomic E-state index is 0.0586. The van der Waals surface area contributed by atoms with Crippen LogP contribution >= 0.6 is 34.5 Å². The van der Waals surface area contributed by atoms with Crippen molar-refractivity contribution >= 4 is 34.5 Å². The summed E-state index contributed by atoms with van der Waals surface area (Å²) in [5.74, 6) is 5.61. The predicted molar refractivity (Wildman–Crippen MR) is 79.2 cm³/mol. The Morgan fingerprint density at radius 3 is 2.50 bits per heavy atom. The van der Waals surface area contributed by atoms with E-state index in [9.17, 15) is 0 Å². The Morgan fingerprint density at radius 1 is 1.22 bits per heavy atom. The fourth-order valence-corrected chi connectivity index (χ4v) is 3.13. The Bertz CT molecular complexity index is 479.